The lowest BCUT2D eigenvalue weighted by Crippen LogP contribution is -2.43. The van der Waals surface area contributed by atoms with Gasteiger partial charge in [0.2, 0.25) is 0 Å². The van der Waals surface area contributed by atoms with Gasteiger partial charge in [-0.3, -0.25) is 0 Å². The summed E-state index contributed by atoms with van der Waals surface area (Å²) in [5, 5.41) is 3.18. The molecule has 0 aromatic heterocycles. The van der Waals surface area contributed by atoms with Crippen molar-refractivity contribution in [2.75, 3.05) is 33.7 Å². The molecule has 2 nitrogen and oxygen atoms in total. The summed E-state index contributed by atoms with van der Waals surface area (Å²) < 4.78 is 0. The molecular weight excluding hydrogens is 136 g/mol. The SMILES string of the molecule is CNCCCCC1CN(C)C1. The van der Waals surface area contributed by atoms with Crippen LogP contribution in [0, 0.1) is 5.92 Å². The summed E-state index contributed by atoms with van der Waals surface area (Å²) in [5.41, 5.74) is 0. The third-order valence-corrected chi connectivity index (χ3v) is 2.43. The summed E-state index contributed by atoms with van der Waals surface area (Å²) in [6.07, 6.45) is 4.18. The molecule has 1 aliphatic heterocycles. The second kappa shape index (κ2) is 4.73. The van der Waals surface area contributed by atoms with E-state index < -0.39 is 0 Å². The molecular formula is C9H20N2. The fraction of sp³-hybridized carbons (Fsp3) is 1.00. The van der Waals surface area contributed by atoms with Gasteiger partial charge in [-0.1, -0.05) is 6.42 Å². The number of hydrogen-bond acceptors (Lipinski definition) is 2. The van der Waals surface area contributed by atoms with Crippen LogP contribution < -0.4 is 5.32 Å². The molecule has 0 aromatic rings. The third-order valence-electron chi connectivity index (χ3n) is 2.43. The quantitative estimate of drug-likeness (QED) is 0.596. The first kappa shape index (κ1) is 9.01. The molecule has 0 radical (unpaired) electrons. The normalized spacial score (nSPS) is 20.2. The molecule has 1 fully saturated rings. The molecule has 0 unspecified atom stereocenters. The van der Waals surface area contributed by atoms with Crippen LogP contribution in [0.4, 0.5) is 0 Å². The lowest BCUT2D eigenvalue weighted by molar-refractivity contribution is 0.124. The Kier molecular flexibility index (Phi) is 3.87. The molecule has 0 bridgehead atoms. The zero-order chi connectivity index (χ0) is 8.10. The van der Waals surface area contributed by atoms with Crippen LogP contribution in [0.2, 0.25) is 0 Å². The smallest absolute Gasteiger partial charge is 0.00190 e. The van der Waals surface area contributed by atoms with Gasteiger partial charge in [0, 0.05) is 13.1 Å². The van der Waals surface area contributed by atoms with Crippen molar-refractivity contribution in [3.8, 4) is 0 Å². The highest BCUT2D eigenvalue weighted by atomic mass is 15.2. The Balaban J connectivity index is 1.81. The predicted octanol–water partition coefficient (Wildman–Crippen LogP) is 0.938. The highest BCUT2D eigenvalue weighted by molar-refractivity contribution is 4.76. The first-order valence-electron chi connectivity index (χ1n) is 4.66. The van der Waals surface area contributed by atoms with Crippen molar-refractivity contribution in [3.05, 3.63) is 0 Å². The third kappa shape index (κ3) is 3.21. The van der Waals surface area contributed by atoms with E-state index in [9.17, 15) is 0 Å². The largest absolute Gasteiger partial charge is 0.320 e. The molecule has 1 N–H and O–H groups in total. The number of nitrogens with one attached hydrogen (secondary N) is 1. The highest BCUT2D eigenvalue weighted by Gasteiger charge is 2.21. The van der Waals surface area contributed by atoms with Crippen LogP contribution in [0.5, 0.6) is 0 Å². The lowest BCUT2D eigenvalue weighted by atomic mass is 9.95. The molecule has 1 heterocycles. The average Bonchev–Trinajstić information content (AvgIpc) is 1.94. The van der Waals surface area contributed by atoms with Crippen LogP contribution in [0.15, 0.2) is 0 Å². The van der Waals surface area contributed by atoms with Crippen LogP contribution in [0.25, 0.3) is 0 Å². The maximum atomic E-state index is 3.18. The second-order valence-electron chi connectivity index (χ2n) is 3.69. The number of nitrogens with zero attached hydrogens (tertiary/aromatic N) is 1. The van der Waals surface area contributed by atoms with Crippen molar-refractivity contribution in [2.45, 2.75) is 19.3 Å². The maximum absolute atomic E-state index is 3.18. The van der Waals surface area contributed by atoms with E-state index in [2.05, 4.69) is 17.3 Å². The number of likely N-dealkylation sites (tertiary alicyclic amines) is 1. The molecule has 1 aliphatic rings. The standard InChI is InChI=1S/C9H20N2/c1-10-6-4-3-5-9-7-11(2)8-9/h9-10H,3-8H2,1-2H3. The molecule has 2 heteroatoms. The summed E-state index contributed by atoms with van der Waals surface area (Å²) in [4.78, 5) is 2.39. The van der Waals surface area contributed by atoms with E-state index in [0.717, 1.165) is 5.92 Å². The summed E-state index contributed by atoms with van der Waals surface area (Å²) in [7, 11) is 4.22. The van der Waals surface area contributed by atoms with Crippen LogP contribution in [0.1, 0.15) is 19.3 Å². The summed E-state index contributed by atoms with van der Waals surface area (Å²) in [6.45, 7) is 3.85. The van der Waals surface area contributed by atoms with Gasteiger partial charge in [0.25, 0.3) is 0 Å². The minimum Gasteiger partial charge on any atom is -0.320 e. The van der Waals surface area contributed by atoms with E-state index in [1.807, 2.05) is 7.05 Å². The van der Waals surface area contributed by atoms with Gasteiger partial charge in [0.15, 0.2) is 0 Å². The molecule has 0 aromatic carbocycles. The Morgan fingerprint density at radius 3 is 2.64 bits per heavy atom. The van der Waals surface area contributed by atoms with Crippen molar-refractivity contribution in [1.82, 2.24) is 10.2 Å². The molecule has 66 valence electrons. The molecule has 1 saturated heterocycles. The van der Waals surface area contributed by atoms with Crippen molar-refractivity contribution < 1.29 is 0 Å². The predicted molar refractivity (Wildman–Crippen MR) is 48.8 cm³/mol. The van der Waals surface area contributed by atoms with Crippen molar-refractivity contribution in [1.29, 1.82) is 0 Å². The minimum absolute atomic E-state index is 1.01. The Labute approximate surface area is 70.0 Å². The van der Waals surface area contributed by atoms with Crippen LogP contribution in [-0.2, 0) is 0 Å². The van der Waals surface area contributed by atoms with E-state index in [1.54, 1.807) is 0 Å². The van der Waals surface area contributed by atoms with Crippen molar-refractivity contribution in [3.63, 3.8) is 0 Å². The number of hydrogen-bond donors (Lipinski definition) is 1. The van der Waals surface area contributed by atoms with Gasteiger partial charge in [-0.25, -0.2) is 0 Å². The maximum Gasteiger partial charge on any atom is 0.00190 e. The van der Waals surface area contributed by atoms with Gasteiger partial charge < -0.3 is 10.2 Å². The Hall–Kier alpha value is -0.0800. The van der Waals surface area contributed by atoms with Gasteiger partial charge in [0.1, 0.15) is 0 Å². The zero-order valence-corrected chi connectivity index (χ0v) is 7.77. The Morgan fingerprint density at radius 1 is 1.36 bits per heavy atom. The Morgan fingerprint density at radius 2 is 2.09 bits per heavy atom. The Bertz CT molecular complexity index is 97.7. The average molecular weight is 156 g/mol. The lowest BCUT2D eigenvalue weighted by Gasteiger charge is -2.36. The number of rotatable bonds is 5. The number of unbranched alkanes of at least 4 members (excludes halogenated alkanes) is 1. The topological polar surface area (TPSA) is 15.3 Å². The fourth-order valence-electron chi connectivity index (χ4n) is 1.75. The van der Waals surface area contributed by atoms with Crippen LogP contribution >= 0.6 is 0 Å². The molecule has 11 heavy (non-hydrogen) atoms. The highest BCUT2D eigenvalue weighted by Crippen LogP contribution is 2.18. The van der Waals surface area contributed by atoms with Gasteiger partial charge in [0.05, 0.1) is 0 Å². The monoisotopic (exact) mass is 156 g/mol. The van der Waals surface area contributed by atoms with Gasteiger partial charge in [-0.05, 0) is 39.4 Å². The zero-order valence-electron chi connectivity index (χ0n) is 7.77. The molecule has 0 spiro atoms. The van der Waals surface area contributed by atoms with Gasteiger partial charge >= 0.3 is 0 Å². The first-order chi connectivity index (χ1) is 5.33. The van der Waals surface area contributed by atoms with E-state index in [-0.39, 0.29) is 0 Å². The van der Waals surface area contributed by atoms with Crippen LogP contribution in [-0.4, -0.2) is 38.6 Å². The van der Waals surface area contributed by atoms with Crippen molar-refractivity contribution >= 4 is 0 Å². The molecule has 0 atom stereocenters. The van der Waals surface area contributed by atoms with E-state index >= 15 is 0 Å². The molecule has 0 amide bonds. The van der Waals surface area contributed by atoms with E-state index in [1.165, 1.54) is 38.9 Å². The molecule has 0 aliphatic carbocycles. The van der Waals surface area contributed by atoms with E-state index in [0.29, 0.717) is 0 Å². The van der Waals surface area contributed by atoms with Crippen LogP contribution in [0.3, 0.4) is 0 Å². The fourth-order valence-corrected chi connectivity index (χ4v) is 1.75. The van der Waals surface area contributed by atoms with Gasteiger partial charge in [-0.2, -0.15) is 0 Å². The van der Waals surface area contributed by atoms with Crippen molar-refractivity contribution in [2.24, 2.45) is 5.92 Å². The summed E-state index contributed by atoms with van der Waals surface area (Å²) >= 11 is 0. The van der Waals surface area contributed by atoms with Gasteiger partial charge in [-0.15, -0.1) is 0 Å². The summed E-state index contributed by atoms with van der Waals surface area (Å²) in [5.74, 6) is 1.01. The summed E-state index contributed by atoms with van der Waals surface area (Å²) in [6, 6.07) is 0. The first-order valence-corrected chi connectivity index (χ1v) is 4.66. The minimum atomic E-state index is 1.01. The van der Waals surface area contributed by atoms with E-state index in [4.69, 9.17) is 0 Å². The second-order valence-corrected chi connectivity index (χ2v) is 3.69. The molecule has 1 rings (SSSR count). The molecule has 0 saturated carbocycles.